The van der Waals surface area contributed by atoms with Gasteiger partial charge in [0.2, 0.25) is 0 Å². The lowest BCUT2D eigenvalue weighted by molar-refractivity contribution is 0.116. The number of carbonyl (C=O) groups excluding carboxylic acids is 1. The van der Waals surface area contributed by atoms with Gasteiger partial charge in [-0.15, -0.1) is 12.4 Å². The molecular formula is C18H16ClNO2. The van der Waals surface area contributed by atoms with E-state index in [4.69, 9.17) is 4.74 Å². The molecule has 1 amide bonds. The fourth-order valence-electron chi connectivity index (χ4n) is 3.13. The van der Waals surface area contributed by atoms with Crippen LogP contribution in [0.4, 0.5) is 4.79 Å². The number of nitrogens with one attached hydrogen (secondary N) is 1. The minimum absolute atomic E-state index is 0. The predicted molar refractivity (Wildman–Crippen MR) is 90.5 cm³/mol. The zero-order valence-electron chi connectivity index (χ0n) is 11.9. The van der Waals surface area contributed by atoms with Gasteiger partial charge in [0.05, 0.1) is 12.6 Å². The first-order chi connectivity index (χ1) is 10.3. The zero-order valence-corrected chi connectivity index (χ0v) is 12.7. The Morgan fingerprint density at radius 1 is 0.955 bits per heavy atom. The number of halogens is 1. The number of ether oxygens (including phenoxy) is 1. The summed E-state index contributed by atoms with van der Waals surface area (Å²) < 4.78 is 4.98. The molecule has 1 saturated heterocycles. The van der Waals surface area contributed by atoms with Gasteiger partial charge in [-0.2, -0.15) is 0 Å². The Labute approximate surface area is 134 Å². The van der Waals surface area contributed by atoms with Crippen molar-refractivity contribution in [3.63, 3.8) is 0 Å². The molecule has 0 spiro atoms. The molecule has 0 radical (unpaired) electrons. The quantitative estimate of drug-likeness (QED) is 0.667. The second kappa shape index (κ2) is 5.85. The Morgan fingerprint density at radius 2 is 1.64 bits per heavy atom. The highest BCUT2D eigenvalue weighted by molar-refractivity contribution is 6.09. The van der Waals surface area contributed by atoms with Gasteiger partial charge in [-0.3, -0.25) is 0 Å². The van der Waals surface area contributed by atoms with Gasteiger partial charge in [-0.05, 0) is 33.2 Å². The van der Waals surface area contributed by atoms with Crippen LogP contribution < -0.4 is 5.32 Å². The van der Waals surface area contributed by atoms with Crippen LogP contribution in [0.2, 0.25) is 0 Å². The van der Waals surface area contributed by atoms with E-state index in [2.05, 4.69) is 47.8 Å². The van der Waals surface area contributed by atoms with Crippen molar-refractivity contribution in [2.24, 2.45) is 0 Å². The number of hydrogen-bond acceptors (Lipinski definition) is 2. The molecule has 0 bridgehead atoms. The van der Waals surface area contributed by atoms with Gasteiger partial charge in [0.1, 0.15) is 0 Å². The Bertz CT molecular complexity index is 847. The van der Waals surface area contributed by atoms with Crippen molar-refractivity contribution in [1.29, 1.82) is 0 Å². The van der Waals surface area contributed by atoms with E-state index in [9.17, 15) is 4.79 Å². The van der Waals surface area contributed by atoms with Crippen molar-refractivity contribution in [2.45, 2.75) is 12.5 Å². The summed E-state index contributed by atoms with van der Waals surface area (Å²) in [7, 11) is 0. The number of carbonyl (C=O) groups is 1. The van der Waals surface area contributed by atoms with E-state index in [1.807, 2.05) is 12.1 Å². The largest absolute Gasteiger partial charge is 0.449 e. The molecule has 3 aromatic rings. The average molecular weight is 314 g/mol. The lowest BCUT2D eigenvalue weighted by Gasteiger charge is -2.25. The Balaban J connectivity index is 0.00000144. The van der Waals surface area contributed by atoms with Crippen LogP contribution in [-0.4, -0.2) is 12.7 Å². The molecule has 1 fully saturated rings. The van der Waals surface area contributed by atoms with Crippen LogP contribution in [0.15, 0.2) is 54.6 Å². The summed E-state index contributed by atoms with van der Waals surface area (Å²) in [5.41, 5.74) is 1.17. The fraction of sp³-hybridized carbons (Fsp3) is 0.167. The SMILES string of the molecule is Cl.O=C1N[C@H](c2cc3ccccc3c3ccccc23)CCO1. The third kappa shape index (κ3) is 2.38. The van der Waals surface area contributed by atoms with Crippen molar-refractivity contribution in [2.75, 3.05) is 6.61 Å². The summed E-state index contributed by atoms with van der Waals surface area (Å²) in [6.07, 6.45) is 0.470. The summed E-state index contributed by atoms with van der Waals surface area (Å²) >= 11 is 0. The highest BCUT2D eigenvalue weighted by Gasteiger charge is 2.22. The first kappa shape index (κ1) is 14.7. The summed E-state index contributed by atoms with van der Waals surface area (Å²) in [5.74, 6) is 0. The maximum Gasteiger partial charge on any atom is 0.407 e. The molecule has 4 heteroatoms. The van der Waals surface area contributed by atoms with E-state index < -0.39 is 0 Å². The second-order valence-corrected chi connectivity index (χ2v) is 5.35. The van der Waals surface area contributed by atoms with Crippen LogP contribution >= 0.6 is 12.4 Å². The minimum atomic E-state index is -0.330. The van der Waals surface area contributed by atoms with Gasteiger partial charge in [-0.25, -0.2) is 4.79 Å². The Hall–Kier alpha value is -2.26. The van der Waals surface area contributed by atoms with Gasteiger partial charge in [0, 0.05) is 6.42 Å². The molecule has 1 heterocycles. The number of alkyl carbamates (subject to hydrolysis) is 1. The Kier molecular flexibility index (Phi) is 3.90. The fourth-order valence-corrected chi connectivity index (χ4v) is 3.13. The highest BCUT2D eigenvalue weighted by atomic mass is 35.5. The summed E-state index contributed by atoms with van der Waals surface area (Å²) in [4.78, 5) is 11.5. The molecule has 1 N–H and O–H groups in total. The summed E-state index contributed by atoms with van der Waals surface area (Å²) in [6.45, 7) is 0.470. The molecule has 1 aliphatic rings. The van der Waals surface area contributed by atoms with Gasteiger partial charge >= 0.3 is 6.09 Å². The molecule has 3 nitrogen and oxygen atoms in total. The van der Waals surface area contributed by atoms with Gasteiger partial charge < -0.3 is 10.1 Å². The number of amides is 1. The molecule has 1 atom stereocenters. The van der Waals surface area contributed by atoms with Crippen LogP contribution in [0.5, 0.6) is 0 Å². The van der Waals surface area contributed by atoms with Crippen molar-refractivity contribution in [1.82, 2.24) is 5.32 Å². The van der Waals surface area contributed by atoms with Crippen molar-refractivity contribution >= 4 is 40.0 Å². The standard InChI is InChI=1S/C18H15NO2.ClH/c20-18-19-17(9-10-21-18)16-11-12-5-1-2-6-13(12)14-7-3-4-8-15(14)16;/h1-8,11,17H,9-10H2,(H,19,20);1H/t17-;/m0./s1. The molecule has 4 rings (SSSR count). The predicted octanol–water partition coefficient (Wildman–Crippen LogP) is 4.59. The summed E-state index contributed by atoms with van der Waals surface area (Å²) in [6, 6.07) is 18.9. The van der Waals surface area contributed by atoms with E-state index in [-0.39, 0.29) is 24.5 Å². The molecule has 0 aliphatic carbocycles. The number of rotatable bonds is 1. The lowest BCUT2D eigenvalue weighted by atomic mass is 9.92. The average Bonchev–Trinajstić information content (AvgIpc) is 2.54. The normalized spacial score (nSPS) is 17.6. The van der Waals surface area contributed by atoms with Crippen LogP contribution in [0.1, 0.15) is 18.0 Å². The third-order valence-corrected chi connectivity index (χ3v) is 4.11. The first-order valence-corrected chi connectivity index (χ1v) is 7.16. The first-order valence-electron chi connectivity index (χ1n) is 7.16. The molecule has 0 aromatic heterocycles. The molecule has 112 valence electrons. The molecule has 3 aromatic carbocycles. The van der Waals surface area contributed by atoms with Crippen molar-refractivity contribution < 1.29 is 9.53 Å². The van der Waals surface area contributed by atoms with Crippen LogP contribution in [0.3, 0.4) is 0 Å². The van der Waals surface area contributed by atoms with E-state index in [0.717, 1.165) is 6.42 Å². The van der Waals surface area contributed by atoms with E-state index in [0.29, 0.717) is 6.61 Å². The maximum atomic E-state index is 11.5. The maximum absolute atomic E-state index is 11.5. The zero-order chi connectivity index (χ0) is 14.2. The van der Waals surface area contributed by atoms with Crippen molar-refractivity contribution in [3.8, 4) is 0 Å². The smallest absolute Gasteiger partial charge is 0.407 e. The molecular weight excluding hydrogens is 298 g/mol. The minimum Gasteiger partial charge on any atom is -0.449 e. The molecule has 0 saturated carbocycles. The Morgan fingerprint density at radius 3 is 2.41 bits per heavy atom. The number of cyclic esters (lactones) is 1. The van der Waals surface area contributed by atoms with Crippen LogP contribution in [0, 0.1) is 0 Å². The second-order valence-electron chi connectivity index (χ2n) is 5.35. The highest BCUT2D eigenvalue weighted by Crippen LogP contribution is 2.33. The summed E-state index contributed by atoms with van der Waals surface area (Å²) in [5, 5.41) is 7.80. The third-order valence-electron chi connectivity index (χ3n) is 4.11. The van der Waals surface area contributed by atoms with Gasteiger partial charge in [0.25, 0.3) is 0 Å². The van der Waals surface area contributed by atoms with Gasteiger partial charge in [-0.1, -0.05) is 48.5 Å². The van der Waals surface area contributed by atoms with E-state index in [1.165, 1.54) is 27.1 Å². The number of hydrogen-bond donors (Lipinski definition) is 1. The van der Waals surface area contributed by atoms with Crippen LogP contribution in [0.25, 0.3) is 21.5 Å². The van der Waals surface area contributed by atoms with Gasteiger partial charge in [0.15, 0.2) is 0 Å². The lowest BCUT2D eigenvalue weighted by Crippen LogP contribution is -2.35. The monoisotopic (exact) mass is 313 g/mol. The molecule has 0 unspecified atom stereocenters. The van der Waals surface area contributed by atoms with Crippen LogP contribution in [-0.2, 0) is 4.74 Å². The molecule has 22 heavy (non-hydrogen) atoms. The van der Waals surface area contributed by atoms with E-state index >= 15 is 0 Å². The van der Waals surface area contributed by atoms with E-state index in [1.54, 1.807) is 0 Å². The number of fused-ring (bicyclic) bond motifs is 3. The number of benzene rings is 3. The molecule has 1 aliphatic heterocycles. The van der Waals surface area contributed by atoms with Crippen molar-refractivity contribution in [3.05, 3.63) is 60.2 Å². The topological polar surface area (TPSA) is 38.3 Å².